The van der Waals surface area contributed by atoms with E-state index in [0.717, 1.165) is 18.4 Å². The molecule has 0 spiro atoms. The van der Waals surface area contributed by atoms with Crippen LogP contribution in [-0.4, -0.2) is 24.6 Å². The van der Waals surface area contributed by atoms with Crippen molar-refractivity contribution in [3.8, 4) is 0 Å². The van der Waals surface area contributed by atoms with Gasteiger partial charge in [-0.1, -0.05) is 45.4 Å². The van der Waals surface area contributed by atoms with Gasteiger partial charge in [0.2, 0.25) is 0 Å². The molecule has 24 heavy (non-hydrogen) atoms. The molecule has 2 rings (SSSR count). The number of carbonyl (C=O) groups excluding carboxylic acids is 2. The fourth-order valence-electron chi connectivity index (χ4n) is 3.46. The van der Waals surface area contributed by atoms with Crippen molar-refractivity contribution in [2.75, 3.05) is 6.61 Å². The number of hydrogen-bond acceptors (Lipinski definition) is 4. The molecule has 0 unspecified atom stereocenters. The highest BCUT2D eigenvalue weighted by atomic mass is 16.6. The SMILES string of the molecule is Cc1ccccc1C(=O)OCC(=O)O[C@H]1C[C@@H](C)CC[C@H]1C(C)C. The van der Waals surface area contributed by atoms with Gasteiger partial charge in [-0.2, -0.15) is 0 Å². The second-order valence-electron chi connectivity index (χ2n) is 7.25. The monoisotopic (exact) mass is 332 g/mol. The van der Waals surface area contributed by atoms with Crippen LogP contribution in [0.3, 0.4) is 0 Å². The highest BCUT2D eigenvalue weighted by Crippen LogP contribution is 2.35. The van der Waals surface area contributed by atoms with Crippen LogP contribution in [0.1, 0.15) is 56.0 Å². The molecule has 0 radical (unpaired) electrons. The second-order valence-corrected chi connectivity index (χ2v) is 7.25. The van der Waals surface area contributed by atoms with Gasteiger partial charge >= 0.3 is 11.9 Å². The Morgan fingerprint density at radius 2 is 1.92 bits per heavy atom. The van der Waals surface area contributed by atoms with E-state index in [-0.39, 0.29) is 12.7 Å². The minimum absolute atomic E-state index is 0.0709. The molecule has 1 saturated carbocycles. The van der Waals surface area contributed by atoms with Crippen molar-refractivity contribution in [3.63, 3.8) is 0 Å². The first-order chi connectivity index (χ1) is 11.4. The van der Waals surface area contributed by atoms with E-state index in [1.54, 1.807) is 12.1 Å². The maximum atomic E-state index is 12.1. The zero-order chi connectivity index (χ0) is 17.7. The van der Waals surface area contributed by atoms with Crippen LogP contribution in [0.25, 0.3) is 0 Å². The molecule has 4 heteroatoms. The lowest BCUT2D eigenvalue weighted by Gasteiger charge is -2.36. The van der Waals surface area contributed by atoms with Crippen molar-refractivity contribution in [2.45, 2.75) is 53.1 Å². The molecule has 4 nitrogen and oxygen atoms in total. The van der Waals surface area contributed by atoms with Gasteiger partial charge in [-0.05, 0) is 49.1 Å². The van der Waals surface area contributed by atoms with Gasteiger partial charge in [-0.15, -0.1) is 0 Å². The van der Waals surface area contributed by atoms with Crippen LogP contribution >= 0.6 is 0 Å². The zero-order valence-corrected chi connectivity index (χ0v) is 15.1. The fraction of sp³-hybridized carbons (Fsp3) is 0.600. The van der Waals surface area contributed by atoms with Crippen LogP contribution < -0.4 is 0 Å². The molecular weight excluding hydrogens is 304 g/mol. The predicted octanol–water partition coefficient (Wildman–Crippen LogP) is 4.16. The van der Waals surface area contributed by atoms with Gasteiger partial charge < -0.3 is 9.47 Å². The van der Waals surface area contributed by atoms with E-state index in [1.165, 1.54) is 6.42 Å². The molecule has 0 N–H and O–H groups in total. The Balaban J connectivity index is 1.88. The highest BCUT2D eigenvalue weighted by molar-refractivity contribution is 5.92. The summed E-state index contributed by atoms with van der Waals surface area (Å²) in [6, 6.07) is 7.17. The fourth-order valence-corrected chi connectivity index (χ4v) is 3.46. The Bertz CT molecular complexity index is 579. The van der Waals surface area contributed by atoms with Crippen molar-refractivity contribution in [1.29, 1.82) is 0 Å². The first kappa shape index (κ1) is 18.5. The van der Waals surface area contributed by atoms with E-state index in [1.807, 2.05) is 19.1 Å². The lowest BCUT2D eigenvalue weighted by Crippen LogP contribution is -2.36. The summed E-state index contributed by atoms with van der Waals surface area (Å²) in [7, 11) is 0. The normalized spacial score (nSPS) is 23.8. The molecule has 0 amide bonds. The van der Waals surface area contributed by atoms with Crippen LogP contribution in [0.4, 0.5) is 0 Å². The molecular formula is C20H28O4. The molecule has 0 heterocycles. The number of ether oxygens (including phenoxy) is 2. The first-order valence-electron chi connectivity index (χ1n) is 8.80. The largest absolute Gasteiger partial charge is 0.460 e. The molecule has 0 bridgehead atoms. The lowest BCUT2D eigenvalue weighted by atomic mass is 9.75. The van der Waals surface area contributed by atoms with E-state index in [0.29, 0.717) is 23.3 Å². The number of benzene rings is 1. The number of hydrogen-bond donors (Lipinski definition) is 0. The van der Waals surface area contributed by atoms with Crippen LogP contribution in [0.2, 0.25) is 0 Å². The predicted molar refractivity (Wildman–Crippen MR) is 92.7 cm³/mol. The maximum absolute atomic E-state index is 12.1. The summed E-state index contributed by atoms with van der Waals surface area (Å²) in [6.07, 6.45) is 3.08. The highest BCUT2D eigenvalue weighted by Gasteiger charge is 2.33. The third-order valence-electron chi connectivity index (χ3n) is 4.93. The average molecular weight is 332 g/mol. The topological polar surface area (TPSA) is 52.6 Å². The van der Waals surface area contributed by atoms with Crippen LogP contribution in [0.5, 0.6) is 0 Å². The van der Waals surface area contributed by atoms with Crippen molar-refractivity contribution in [1.82, 2.24) is 0 Å². The van der Waals surface area contributed by atoms with Crippen molar-refractivity contribution in [2.24, 2.45) is 17.8 Å². The maximum Gasteiger partial charge on any atom is 0.344 e. The molecule has 1 aliphatic rings. The summed E-state index contributed by atoms with van der Waals surface area (Å²) in [5.74, 6) is 0.485. The van der Waals surface area contributed by atoms with Crippen molar-refractivity contribution < 1.29 is 19.1 Å². The average Bonchev–Trinajstić information content (AvgIpc) is 2.53. The second kappa shape index (κ2) is 8.32. The molecule has 1 aliphatic carbocycles. The lowest BCUT2D eigenvalue weighted by molar-refractivity contribution is -0.159. The molecule has 1 aromatic rings. The minimum Gasteiger partial charge on any atom is -0.460 e. The van der Waals surface area contributed by atoms with Gasteiger partial charge in [0.25, 0.3) is 0 Å². The number of aryl methyl sites for hydroxylation is 1. The molecule has 0 aliphatic heterocycles. The van der Waals surface area contributed by atoms with E-state index in [9.17, 15) is 9.59 Å². The smallest absolute Gasteiger partial charge is 0.344 e. The van der Waals surface area contributed by atoms with E-state index in [2.05, 4.69) is 20.8 Å². The van der Waals surface area contributed by atoms with Gasteiger partial charge in [0.1, 0.15) is 6.10 Å². The van der Waals surface area contributed by atoms with Crippen LogP contribution in [0.15, 0.2) is 24.3 Å². The molecule has 0 aromatic heterocycles. The molecule has 1 fully saturated rings. The van der Waals surface area contributed by atoms with Gasteiger partial charge in [-0.3, -0.25) is 0 Å². The van der Waals surface area contributed by atoms with Gasteiger partial charge in [0.15, 0.2) is 6.61 Å². The minimum atomic E-state index is -0.484. The Morgan fingerprint density at radius 1 is 1.21 bits per heavy atom. The van der Waals surface area contributed by atoms with Crippen molar-refractivity contribution in [3.05, 3.63) is 35.4 Å². The third kappa shape index (κ3) is 4.83. The summed E-state index contributed by atoms with van der Waals surface area (Å²) in [6.45, 7) is 8.03. The Labute approximate surface area is 144 Å². The third-order valence-corrected chi connectivity index (χ3v) is 4.93. The van der Waals surface area contributed by atoms with Crippen LogP contribution in [-0.2, 0) is 14.3 Å². The summed E-state index contributed by atoms with van der Waals surface area (Å²) in [5, 5.41) is 0. The Kier molecular flexibility index (Phi) is 6.41. The molecule has 0 saturated heterocycles. The van der Waals surface area contributed by atoms with Gasteiger partial charge in [0, 0.05) is 0 Å². The Hall–Kier alpha value is -1.84. The summed E-state index contributed by atoms with van der Waals surface area (Å²) < 4.78 is 10.8. The first-order valence-corrected chi connectivity index (χ1v) is 8.80. The zero-order valence-electron chi connectivity index (χ0n) is 15.1. The summed E-state index contributed by atoms with van der Waals surface area (Å²) in [4.78, 5) is 24.2. The number of esters is 2. The summed E-state index contributed by atoms with van der Waals surface area (Å²) in [5.41, 5.74) is 1.31. The van der Waals surface area contributed by atoms with Crippen molar-refractivity contribution >= 4 is 11.9 Å². The van der Waals surface area contributed by atoms with Gasteiger partial charge in [-0.25, -0.2) is 9.59 Å². The van der Waals surface area contributed by atoms with Crippen LogP contribution in [0, 0.1) is 24.7 Å². The molecule has 3 atom stereocenters. The van der Waals surface area contributed by atoms with E-state index < -0.39 is 11.9 Å². The summed E-state index contributed by atoms with van der Waals surface area (Å²) >= 11 is 0. The van der Waals surface area contributed by atoms with E-state index in [4.69, 9.17) is 9.47 Å². The van der Waals surface area contributed by atoms with Gasteiger partial charge in [0.05, 0.1) is 5.56 Å². The Morgan fingerprint density at radius 3 is 2.58 bits per heavy atom. The standard InChI is InChI=1S/C20H28O4/c1-13(2)16-10-9-14(3)11-18(16)24-19(21)12-23-20(22)17-8-6-5-7-15(17)4/h5-8,13-14,16,18H,9-12H2,1-4H3/t14-,16-,18-/m0/s1. The quantitative estimate of drug-likeness (QED) is 0.760. The van der Waals surface area contributed by atoms with E-state index >= 15 is 0 Å². The molecule has 132 valence electrons. The number of rotatable bonds is 5. The molecule has 1 aromatic carbocycles. The number of carbonyl (C=O) groups is 2.